The molecule has 108 valence electrons. The van der Waals surface area contributed by atoms with Gasteiger partial charge in [-0.1, -0.05) is 56.4 Å². The average Bonchev–Trinajstić information content (AvgIpc) is 2.49. The van der Waals surface area contributed by atoms with Crippen LogP contribution in [0.4, 0.5) is 0 Å². The number of hydrazone groups is 1. The number of allylic oxidation sites excluding steroid dienone is 8. The summed E-state index contributed by atoms with van der Waals surface area (Å²) >= 11 is 0. The van der Waals surface area contributed by atoms with Gasteiger partial charge in [0.1, 0.15) is 0 Å². The maximum Gasteiger partial charge on any atom is 0.0669 e. The molecule has 2 rings (SSSR count). The van der Waals surface area contributed by atoms with Crippen molar-refractivity contribution >= 4 is 5.71 Å². The number of nitrogens with zero attached hydrogens (tertiary/aromatic N) is 1. The van der Waals surface area contributed by atoms with Gasteiger partial charge in [-0.15, -0.1) is 0 Å². The maximum absolute atomic E-state index is 5.59. The van der Waals surface area contributed by atoms with E-state index in [1.54, 1.807) is 0 Å². The Hall–Kier alpha value is -1.57. The molecule has 0 spiro atoms. The predicted molar refractivity (Wildman–Crippen MR) is 87.4 cm³/mol. The topological polar surface area (TPSA) is 38.4 Å². The van der Waals surface area contributed by atoms with Crippen LogP contribution in [0.3, 0.4) is 0 Å². The highest BCUT2D eigenvalue weighted by atomic mass is 15.1. The van der Waals surface area contributed by atoms with E-state index in [0.29, 0.717) is 17.8 Å². The average molecular weight is 270 g/mol. The molecular formula is C18H26N2. The van der Waals surface area contributed by atoms with Crippen LogP contribution in [0.25, 0.3) is 0 Å². The van der Waals surface area contributed by atoms with Crippen LogP contribution >= 0.6 is 0 Å². The Bertz CT molecular complexity index is 464. The number of nitrogens with two attached hydrogens (primary N) is 1. The summed E-state index contributed by atoms with van der Waals surface area (Å²) in [7, 11) is 0. The van der Waals surface area contributed by atoms with Gasteiger partial charge in [-0.05, 0) is 49.0 Å². The van der Waals surface area contributed by atoms with Crippen molar-refractivity contribution in [3.05, 3.63) is 48.1 Å². The third-order valence-electron chi connectivity index (χ3n) is 4.30. The monoisotopic (exact) mass is 270 g/mol. The van der Waals surface area contributed by atoms with Crippen LogP contribution < -0.4 is 5.84 Å². The summed E-state index contributed by atoms with van der Waals surface area (Å²) in [6.07, 6.45) is 19.9. The highest BCUT2D eigenvalue weighted by Crippen LogP contribution is 2.25. The van der Waals surface area contributed by atoms with E-state index in [1.807, 2.05) is 0 Å². The molecule has 0 aromatic heterocycles. The number of rotatable bonds is 5. The van der Waals surface area contributed by atoms with E-state index in [1.165, 1.54) is 5.57 Å². The van der Waals surface area contributed by atoms with Gasteiger partial charge in [0.05, 0.1) is 5.71 Å². The zero-order chi connectivity index (χ0) is 14.4. The lowest BCUT2D eigenvalue weighted by Gasteiger charge is -2.20. The van der Waals surface area contributed by atoms with Crippen molar-refractivity contribution in [3.63, 3.8) is 0 Å². The van der Waals surface area contributed by atoms with E-state index in [0.717, 1.165) is 31.4 Å². The second kappa shape index (κ2) is 7.28. The van der Waals surface area contributed by atoms with Gasteiger partial charge in [-0.2, -0.15) is 5.10 Å². The van der Waals surface area contributed by atoms with Gasteiger partial charge in [0.2, 0.25) is 0 Å². The molecule has 0 aromatic carbocycles. The minimum atomic E-state index is 0.633. The molecule has 0 aromatic rings. The number of hydrogen-bond acceptors (Lipinski definition) is 2. The highest BCUT2D eigenvalue weighted by Gasteiger charge is 2.16. The molecule has 2 heteroatoms. The zero-order valence-electron chi connectivity index (χ0n) is 12.6. The van der Waals surface area contributed by atoms with Crippen molar-refractivity contribution in [1.29, 1.82) is 0 Å². The van der Waals surface area contributed by atoms with Gasteiger partial charge in [-0.3, -0.25) is 0 Å². The molecule has 2 unspecified atom stereocenters. The Morgan fingerprint density at radius 1 is 1.30 bits per heavy atom. The van der Waals surface area contributed by atoms with Crippen molar-refractivity contribution < 1.29 is 0 Å². The molecule has 2 aliphatic rings. The fourth-order valence-corrected chi connectivity index (χ4v) is 2.80. The summed E-state index contributed by atoms with van der Waals surface area (Å²) in [6.45, 7) is 4.55. The van der Waals surface area contributed by atoms with Crippen LogP contribution in [0.5, 0.6) is 0 Å². The number of hydrogen-bond donors (Lipinski definition) is 1. The fourth-order valence-electron chi connectivity index (χ4n) is 2.80. The smallest absolute Gasteiger partial charge is 0.0669 e. The summed E-state index contributed by atoms with van der Waals surface area (Å²) in [4.78, 5) is 0. The molecule has 0 saturated heterocycles. The molecule has 2 aliphatic carbocycles. The van der Waals surface area contributed by atoms with Crippen molar-refractivity contribution in [2.75, 3.05) is 0 Å². The standard InChI is InChI=1S/C18H26N2/c1-14(2)16-9-11-17(12-10-16)18(20-19)13-8-15-6-4-3-5-7-15/h3-6,9,11-12,14-16H,7-8,10,13,19H2,1-2H3/b20-18+. The summed E-state index contributed by atoms with van der Waals surface area (Å²) in [5.41, 5.74) is 2.27. The summed E-state index contributed by atoms with van der Waals surface area (Å²) in [5, 5.41) is 4.02. The molecule has 20 heavy (non-hydrogen) atoms. The molecule has 0 amide bonds. The van der Waals surface area contributed by atoms with Crippen LogP contribution in [0, 0.1) is 17.8 Å². The summed E-state index contributed by atoms with van der Waals surface area (Å²) in [6, 6.07) is 0. The molecule has 0 saturated carbocycles. The molecule has 0 aliphatic heterocycles. The van der Waals surface area contributed by atoms with Gasteiger partial charge < -0.3 is 5.84 Å². The molecule has 0 radical (unpaired) electrons. The quantitative estimate of drug-likeness (QED) is 0.449. The van der Waals surface area contributed by atoms with Crippen molar-refractivity contribution in [2.24, 2.45) is 28.7 Å². The van der Waals surface area contributed by atoms with Crippen LogP contribution in [-0.2, 0) is 0 Å². The van der Waals surface area contributed by atoms with E-state index in [-0.39, 0.29) is 0 Å². The van der Waals surface area contributed by atoms with E-state index in [4.69, 9.17) is 5.84 Å². The normalized spacial score (nSPS) is 26.1. The molecule has 2 atom stereocenters. The van der Waals surface area contributed by atoms with Gasteiger partial charge in [0.25, 0.3) is 0 Å². The Morgan fingerprint density at radius 2 is 2.15 bits per heavy atom. The van der Waals surface area contributed by atoms with Crippen LogP contribution in [0.1, 0.15) is 39.5 Å². The Labute approximate surface area is 122 Å². The van der Waals surface area contributed by atoms with Crippen LogP contribution in [0.15, 0.2) is 53.2 Å². The lowest BCUT2D eigenvalue weighted by molar-refractivity contribution is 0.467. The van der Waals surface area contributed by atoms with Crippen LogP contribution in [-0.4, -0.2) is 5.71 Å². The van der Waals surface area contributed by atoms with E-state index >= 15 is 0 Å². The SMILES string of the molecule is CC(C)C1C=CC(/C(CCC2C=CC=CC2)=N/N)=CC1. The van der Waals surface area contributed by atoms with Crippen LogP contribution in [0.2, 0.25) is 0 Å². The summed E-state index contributed by atoms with van der Waals surface area (Å²) < 4.78 is 0. The Morgan fingerprint density at radius 3 is 2.70 bits per heavy atom. The van der Waals surface area contributed by atoms with Gasteiger partial charge in [0, 0.05) is 0 Å². The van der Waals surface area contributed by atoms with Crippen molar-refractivity contribution in [3.8, 4) is 0 Å². The molecule has 0 bridgehead atoms. The predicted octanol–water partition coefficient (Wildman–Crippen LogP) is 4.37. The first-order valence-corrected chi connectivity index (χ1v) is 7.69. The second-order valence-electron chi connectivity index (χ2n) is 6.09. The molecule has 2 nitrogen and oxygen atoms in total. The maximum atomic E-state index is 5.59. The van der Waals surface area contributed by atoms with E-state index in [2.05, 4.69) is 61.5 Å². The first kappa shape index (κ1) is 14.8. The van der Waals surface area contributed by atoms with E-state index < -0.39 is 0 Å². The fraction of sp³-hybridized carbons (Fsp3) is 0.500. The van der Waals surface area contributed by atoms with Crippen molar-refractivity contribution in [1.82, 2.24) is 0 Å². The minimum Gasteiger partial charge on any atom is -0.323 e. The second-order valence-corrected chi connectivity index (χ2v) is 6.09. The summed E-state index contributed by atoms with van der Waals surface area (Å²) in [5.74, 6) is 7.58. The lowest BCUT2D eigenvalue weighted by atomic mass is 9.85. The molecule has 2 N–H and O–H groups in total. The molecule has 0 heterocycles. The van der Waals surface area contributed by atoms with Gasteiger partial charge in [-0.25, -0.2) is 0 Å². The van der Waals surface area contributed by atoms with Crippen molar-refractivity contribution in [2.45, 2.75) is 39.5 Å². The Balaban J connectivity index is 1.88. The minimum absolute atomic E-state index is 0.633. The highest BCUT2D eigenvalue weighted by molar-refractivity contribution is 6.02. The van der Waals surface area contributed by atoms with E-state index in [9.17, 15) is 0 Å². The third kappa shape index (κ3) is 3.96. The Kier molecular flexibility index (Phi) is 5.40. The van der Waals surface area contributed by atoms with Gasteiger partial charge >= 0.3 is 0 Å². The largest absolute Gasteiger partial charge is 0.323 e. The molecule has 0 fully saturated rings. The first-order chi connectivity index (χ1) is 9.70. The van der Waals surface area contributed by atoms with Gasteiger partial charge in [0.15, 0.2) is 0 Å². The first-order valence-electron chi connectivity index (χ1n) is 7.69. The molecular weight excluding hydrogens is 244 g/mol. The third-order valence-corrected chi connectivity index (χ3v) is 4.30. The lowest BCUT2D eigenvalue weighted by Crippen LogP contribution is -2.13. The zero-order valence-corrected chi connectivity index (χ0v) is 12.6.